The van der Waals surface area contributed by atoms with Gasteiger partial charge in [0.2, 0.25) is 11.4 Å². The molecule has 1 aromatic heterocycles. The van der Waals surface area contributed by atoms with Crippen LogP contribution in [0.15, 0.2) is 16.8 Å². The van der Waals surface area contributed by atoms with E-state index in [4.69, 9.17) is 12.2 Å². The monoisotopic (exact) mass is 331 g/mol. The summed E-state index contributed by atoms with van der Waals surface area (Å²) in [5.74, 6) is -0.568. The Morgan fingerprint density at radius 2 is 2.05 bits per heavy atom. The van der Waals surface area contributed by atoms with Crippen LogP contribution in [0, 0.1) is 10.1 Å². The summed E-state index contributed by atoms with van der Waals surface area (Å²) in [6.07, 6.45) is -0.148. The number of amides is 3. The molecule has 1 fully saturated rings. The molecule has 10 nitrogen and oxygen atoms in total. The number of hydrogen-bond donors (Lipinski definition) is 1. The van der Waals surface area contributed by atoms with E-state index < -0.39 is 16.9 Å². The number of nitrogens with zero attached hydrogens (tertiary/aromatic N) is 4. The van der Waals surface area contributed by atoms with E-state index in [1.807, 2.05) is 0 Å². The van der Waals surface area contributed by atoms with E-state index in [2.05, 4.69) is 20.3 Å². The van der Waals surface area contributed by atoms with Crippen molar-refractivity contribution in [2.24, 2.45) is 0 Å². The third-order valence-corrected chi connectivity index (χ3v) is 3.07. The average Bonchev–Trinajstić information content (AvgIpc) is 2.86. The normalized spacial score (nSPS) is 14.7. The molecular formula is C10H6N5NaO5S. The minimum Gasteiger partial charge on any atom is -1.00 e. The molecule has 1 N–H and O–H groups in total. The SMILES string of the molecule is O=C1CC(=S)NC(=O)N1c1ccc([N+](=O)[O-])c2nonc12.[H-].[Na+]. The first kappa shape index (κ1) is 16.4. The van der Waals surface area contributed by atoms with Crippen LogP contribution in [0.1, 0.15) is 7.85 Å². The quantitative estimate of drug-likeness (QED) is 0.290. The zero-order valence-electron chi connectivity index (χ0n) is 12.1. The predicted molar refractivity (Wildman–Crippen MR) is 72.8 cm³/mol. The van der Waals surface area contributed by atoms with Gasteiger partial charge in [-0.15, -0.1) is 0 Å². The van der Waals surface area contributed by atoms with E-state index in [1.54, 1.807) is 0 Å². The van der Waals surface area contributed by atoms with E-state index in [1.165, 1.54) is 6.07 Å². The Bertz CT molecular complexity index is 807. The number of nitro groups is 1. The van der Waals surface area contributed by atoms with Gasteiger partial charge in [-0.05, 0) is 16.4 Å². The van der Waals surface area contributed by atoms with Crippen molar-refractivity contribution in [2.75, 3.05) is 4.90 Å². The summed E-state index contributed by atoms with van der Waals surface area (Å²) in [7, 11) is 0. The number of urea groups is 1. The molecule has 1 aliphatic heterocycles. The van der Waals surface area contributed by atoms with Gasteiger partial charge in [-0.1, -0.05) is 12.2 Å². The van der Waals surface area contributed by atoms with Crippen LogP contribution in [-0.2, 0) is 4.79 Å². The van der Waals surface area contributed by atoms with E-state index in [0.717, 1.165) is 11.0 Å². The van der Waals surface area contributed by atoms with Crippen LogP contribution < -0.4 is 39.8 Å². The average molecular weight is 331 g/mol. The molecule has 0 aliphatic carbocycles. The Labute approximate surface area is 150 Å². The first-order valence-corrected chi connectivity index (χ1v) is 5.96. The van der Waals surface area contributed by atoms with Crippen molar-refractivity contribution in [2.45, 2.75) is 6.42 Å². The zero-order chi connectivity index (χ0) is 15.1. The smallest absolute Gasteiger partial charge is 1.00 e. The number of fused-ring (bicyclic) bond motifs is 1. The van der Waals surface area contributed by atoms with Gasteiger partial charge < -0.3 is 6.74 Å². The van der Waals surface area contributed by atoms with Crippen molar-refractivity contribution in [3.05, 3.63) is 22.2 Å². The van der Waals surface area contributed by atoms with E-state index in [0.29, 0.717) is 0 Å². The van der Waals surface area contributed by atoms with Gasteiger partial charge in [0.05, 0.1) is 22.0 Å². The van der Waals surface area contributed by atoms with Gasteiger partial charge in [0, 0.05) is 6.07 Å². The molecule has 1 aliphatic rings. The number of rotatable bonds is 2. The molecule has 1 saturated heterocycles. The molecule has 22 heavy (non-hydrogen) atoms. The van der Waals surface area contributed by atoms with Crippen molar-refractivity contribution >= 4 is 51.6 Å². The zero-order valence-corrected chi connectivity index (χ0v) is 13.9. The summed E-state index contributed by atoms with van der Waals surface area (Å²) in [4.78, 5) is 35.0. The molecule has 3 rings (SSSR count). The van der Waals surface area contributed by atoms with Crippen molar-refractivity contribution in [3.63, 3.8) is 0 Å². The third kappa shape index (κ3) is 2.59. The summed E-state index contributed by atoms with van der Waals surface area (Å²) in [5.41, 5.74) is -0.496. The Morgan fingerprint density at radius 1 is 1.36 bits per heavy atom. The molecule has 0 saturated carbocycles. The minimum absolute atomic E-state index is 0. The number of aromatic nitrogens is 2. The second-order valence-electron chi connectivity index (χ2n) is 4.08. The van der Waals surface area contributed by atoms with Gasteiger partial charge in [0.15, 0.2) is 5.52 Å². The molecule has 2 aromatic rings. The van der Waals surface area contributed by atoms with Gasteiger partial charge in [-0.25, -0.2) is 14.3 Å². The molecule has 0 unspecified atom stereocenters. The number of carbonyl (C=O) groups is 2. The first-order chi connectivity index (χ1) is 9.99. The molecule has 3 amide bonds. The molecule has 0 bridgehead atoms. The van der Waals surface area contributed by atoms with Crippen LogP contribution >= 0.6 is 12.2 Å². The summed E-state index contributed by atoms with van der Waals surface area (Å²) in [5, 5.41) is 20.2. The fourth-order valence-electron chi connectivity index (χ4n) is 1.96. The molecule has 2 heterocycles. The molecule has 12 heteroatoms. The number of nitro benzene ring substituents is 1. The molecule has 0 radical (unpaired) electrons. The largest absolute Gasteiger partial charge is 1.00 e. The molecule has 1 aromatic carbocycles. The molecule has 0 spiro atoms. The number of nitrogens with one attached hydrogen (secondary N) is 1. The third-order valence-electron chi connectivity index (χ3n) is 2.82. The minimum atomic E-state index is -0.755. The summed E-state index contributed by atoms with van der Waals surface area (Å²) in [6, 6.07) is 1.60. The predicted octanol–water partition coefficient (Wildman–Crippen LogP) is -1.98. The van der Waals surface area contributed by atoms with Crippen LogP contribution in [0.5, 0.6) is 0 Å². The van der Waals surface area contributed by atoms with E-state index in [-0.39, 0.29) is 64.8 Å². The van der Waals surface area contributed by atoms with Crippen LogP contribution in [0.25, 0.3) is 11.0 Å². The second kappa shape index (κ2) is 6.04. The number of benzene rings is 1. The summed E-state index contributed by atoms with van der Waals surface area (Å²) >= 11 is 4.78. The Kier molecular flexibility index (Phi) is 4.51. The molecule has 0 atom stereocenters. The summed E-state index contributed by atoms with van der Waals surface area (Å²) in [6.45, 7) is 0. The van der Waals surface area contributed by atoms with Crippen LogP contribution in [0.3, 0.4) is 0 Å². The van der Waals surface area contributed by atoms with Crippen molar-refractivity contribution in [1.82, 2.24) is 15.6 Å². The fraction of sp³-hybridized carbons (Fsp3) is 0.100. The number of hydrogen-bond acceptors (Lipinski definition) is 8. The Hall–Kier alpha value is -1.95. The number of imide groups is 1. The van der Waals surface area contributed by atoms with Gasteiger partial charge in [0.25, 0.3) is 0 Å². The maximum Gasteiger partial charge on any atom is 1.00 e. The Morgan fingerprint density at radius 3 is 2.68 bits per heavy atom. The maximum absolute atomic E-state index is 12.0. The molecular weight excluding hydrogens is 325 g/mol. The van der Waals surface area contributed by atoms with Gasteiger partial charge in [-0.2, -0.15) is 0 Å². The van der Waals surface area contributed by atoms with Gasteiger partial charge in [0.1, 0.15) is 0 Å². The fourth-order valence-corrected chi connectivity index (χ4v) is 2.17. The van der Waals surface area contributed by atoms with Crippen LogP contribution in [0.2, 0.25) is 0 Å². The van der Waals surface area contributed by atoms with Crippen LogP contribution in [-0.4, -0.2) is 32.2 Å². The maximum atomic E-state index is 12.0. The van der Waals surface area contributed by atoms with Gasteiger partial charge in [-0.3, -0.25) is 14.9 Å². The standard InChI is InChI=1S/C10H5N5O5S.Na.H/c16-7-3-6(21)11-10(17)14(7)4-1-2-5(15(18)19)9-8(4)12-20-13-9;;/h1-2H,3H2,(H,11,17,21);;/q;+1;-1. The number of thiocarbonyl (C=S) groups is 1. The number of carbonyl (C=O) groups excluding carboxylic acids is 2. The molecule has 108 valence electrons. The van der Waals surface area contributed by atoms with Crippen molar-refractivity contribution in [1.29, 1.82) is 0 Å². The van der Waals surface area contributed by atoms with E-state index >= 15 is 0 Å². The topological polar surface area (TPSA) is 131 Å². The summed E-state index contributed by atoms with van der Waals surface area (Å²) < 4.78 is 4.48. The van der Waals surface area contributed by atoms with E-state index in [9.17, 15) is 19.7 Å². The number of anilines is 1. The van der Waals surface area contributed by atoms with Crippen molar-refractivity contribution in [3.8, 4) is 0 Å². The first-order valence-electron chi connectivity index (χ1n) is 5.55. The Balaban J connectivity index is 0.00000132. The van der Waals surface area contributed by atoms with Crippen LogP contribution in [0.4, 0.5) is 16.2 Å². The van der Waals surface area contributed by atoms with Crippen molar-refractivity contribution < 1.29 is 50.1 Å². The van der Waals surface area contributed by atoms with Gasteiger partial charge >= 0.3 is 41.3 Å². The number of non-ortho nitro benzene ring substituents is 1. The second-order valence-corrected chi connectivity index (χ2v) is 4.57.